The largest absolute Gasteiger partial charge is 0.383 e. The lowest BCUT2D eigenvalue weighted by Crippen LogP contribution is -2.37. The van der Waals surface area contributed by atoms with Gasteiger partial charge in [0.05, 0.1) is 6.26 Å². The van der Waals surface area contributed by atoms with Gasteiger partial charge in [-0.2, -0.15) is 8.42 Å². The minimum atomic E-state index is -3.56. The smallest absolute Gasteiger partial charge is 0.306 e. The van der Waals surface area contributed by atoms with Gasteiger partial charge >= 0.3 is 10.1 Å². The van der Waals surface area contributed by atoms with Gasteiger partial charge in [0.2, 0.25) is 5.91 Å². The van der Waals surface area contributed by atoms with Crippen molar-refractivity contribution in [3.8, 4) is 5.75 Å². The first-order valence-electron chi connectivity index (χ1n) is 10.0. The molecule has 0 aliphatic heterocycles. The van der Waals surface area contributed by atoms with Crippen LogP contribution in [0.25, 0.3) is 0 Å². The molecule has 0 aromatic heterocycles. The van der Waals surface area contributed by atoms with Gasteiger partial charge in [-0.25, -0.2) is 0 Å². The van der Waals surface area contributed by atoms with Crippen LogP contribution in [0.5, 0.6) is 5.75 Å². The molecule has 1 unspecified atom stereocenters. The van der Waals surface area contributed by atoms with Gasteiger partial charge in [-0.15, -0.1) is 0 Å². The lowest BCUT2D eigenvalue weighted by molar-refractivity contribution is -0.134. The lowest BCUT2D eigenvalue weighted by Gasteiger charge is -2.29. The fourth-order valence-electron chi connectivity index (χ4n) is 2.98. The molecule has 1 rings (SSSR count). The molecule has 1 aromatic carbocycles. The van der Waals surface area contributed by atoms with Gasteiger partial charge in [0.25, 0.3) is 0 Å². The number of benzene rings is 1. The highest BCUT2D eigenvalue weighted by atomic mass is 32.2. The fourth-order valence-corrected chi connectivity index (χ4v) is 3.43. The van der Waals surface area contributed by atoms with Gasteiger partial charge in [0.15, 0.2) is 0 Å². The summed E-state index contributed by atoms with van der Waals surface area (Å²) >= 11 is 0. The van der Waals surface area contributed by atoms with E-state index in [-0.39, 0.29) is 17.7 Å². The standard InChI is InChI=1S/C21H35NO4S/c1-5-7-8-9-10-11-15-21(23)22(18(3)6-2)17-19-13-12-14-20(16-19)26-27(4,24)25/h12-14,16,18H,5-11,15,17H2,1-4H3. The van der Waals surface area contributed by atoms with Gasteiger partial charge in [0, 0.05) is 19.0 Å². The molecule has 0 aliphatic carbocycles. The number of carbonyl (C=O) groups excluding carboxylic acids is 1. The van der Waals surface area contributed by atoms with Crippen LogP contribution in [0.1, 0.15) is 77.7 Å². The summed E-state index contributed by atoms with van der Waals surface area (Å²) in [4.78, 5) is 14.6. The van der Waals surface area contributed by atoms with Gasteiger partial charge in [0.1, 0.15) is 5.75 Å². The minimum absolute atomic E-state index is 0.136. The van der Waals surface area contributed by atoms with Gasteiger partial charge in [-0.05, 0) is 37.5 Å². The number of amides is 1. The first kappa shape index (κ1) is 23.5. The van der Waals surface area contributed by atoms with Crippen molar-refractivity contribution in [2.45, 2.75) is 84.7 Å². The van der Waals surface area contributed by atoms with E-state index in [9.17, 15) is 13.2 Å². The normalized spacial score (nSPS) is 12.6. The maximum Gasteiger partial charge on any atom is 0.306 e. The van der Waals surface area contributed by atoms with Crippen molar-refractivity contribution in [1.29, 1.82) is 0 Å². The highest BCUT2D eigenvalue weighted by Gasteiger charge is 2.19. The lowest BCUT2D eigenvalue weighted by atomic mass is 10.1. The Labute approximate surface area is 165 Å². The Hall–Kier alpha value is -1.56. The molecule has 0 radical (unpaired) electrons. The van der Waals surface area contributed by atoms with Crippen LogP contribution in [0.2, 0.25) is 0 Å². The van der Waals surface area contributed by atoms with E-state index in [0.717, 1.165) is 31.1 Å². The van der Waals surface area contributed by atoms with Crippen LogP contribution in [0.4, 0.5) is 0 Å². The van der Waals surface area contributed by atoms with E-state index in [1.54, 1.807) is 18.2 Å². The zero-order valence-corrected chi connectivity index (χ0v) is 18.1. The Kier molecular flexibility index (Phi) is 10.4. The second kappa shape index (κ2) is 12.0. The zero-order chi connectivity index (χ0) is 20.3. The molecule has 0 spiro atoms. The molecule has 154 valence electrons. The summed E-state index contributed by atoms with van der Waals surface area (Å²) < 4.78 is 27.6. The van der Waals surface area contributed by atoms with Crippen LogP contribution in [0, 0.1) is 0 Å². The molecular formula is C21H35NO4S. The number of hydrogen-bond donors (Lipinski definition) is 0. The molecular weight excluding hydrogens is 362 g/mol. The van der Waals surface area contributed by atoms with E-state index in [4.69, 9.17) is 4.18 Å². The third-order valence-electron chi connectivity index (χ3n) is 4.69. The maximum atomic E-state index is 12.7. The molecule has 1 aromatic rings. The average molecular weight is 398 g/mol. The van der Waals surface area contributed by atoms with Crippen LogP contribution >= 0.6 is 0 Å². The van der Waals surface area contributed by atoms with Gasteiger partial charge < -0.3 is 9.08 Å². The summed E-state index contributed by atoms with van der Waals surface area (Å²) in [5, 5.41) is 0. The molecule has 0 saturated heterocycles. The Bertz CT molecular complexity index is 673. The predicted molar refractivity (Wildman–Crippen MR) is 110 cm³/mol. The molecule has 1 amide bonds. The number of nitrogens with zero attached hydrogens (tertiary/aromatic N) is 1. The molecule has 5 nitrogen and oxygen atoms in total. The number of rotatable bonds is 13. The molecule has 27 heavy (non-hydrogen) atoms. The molecule has 0 bridgehead atoms. The highest BCUT2D eigenvalue weighted by molar-refractivity contribution is 7.86. The Morgan fingerprint density at radius 1 is 1.11 bits per heavy atom. The van der Waals surface area contributed by atoms with Crippen molar-refractivity contribution in [1.82, 2.24) is 4.90 Å². The van der Waals surface area contributed by atoms with E-state index < -0.39 is 10.1 Å². The first-order valence-corrected chi connectivity index (χ1v) is 11.9. The Balaban J connectivity index is 2.69. The Morgan fingerprint density at radius 3 is 2.41 bits per heavy atom. The van der Waals surface area contributed by atoms with Gasteiger partial charge in [-0.3, -0.25) is 4.79 Å². The molecule has 6 heteroatoms. The van der Waals surface area contributed by atoms with Crippen LogP contribution in [-0.2, 0) is 21.5 Å². The second-order valence-corrected chi connectivity index (χ2v) is 8.81. The summed E-state index contributed by atoms with van der Waals surface area (Å²) in [6, 6.07) is 7.08. The average Bonchev–Trinajstić information content (AvgIpc) is 2.60. The van der Waals surface area contributed by atoms with E-state index in [1.807, 2.05) is 11.0 Å². The van der Waals surface area contributed by atoms with Crippen molar-refractivity contribution in [2.24, 2.45) is 0 Å². The summed E-state index contributed by atoms with van der Waals surface area (Å²) in [5.74, 6) is 0.441. The summed E-state index contributed by atoms with van der Waals surface area (Å²) in [6.07, 6.45) is 9.40. The maximum absolute atomic E-state index is 12.7. The molecule has 0 N–H and O–H groups in total. The summed E-state index contributed by atoms with van der Waals surface area (Å²) in [7, 11) is -3.56. The highest BCUT2D eigenvalue weighted by Crippen LogP contribution is 2.19. The second-order valence-electron chi connectivity index (χ2n) is 7.23. The van der Waals surface area contributed by atoms with E-state index in [0.29, 0.717) is 13.0 Å². The molecule has 1 atom stereocenters. The van der Waals surface area contributed by atoms with Crippen molar-refractivity contribution in [3.63, 3.8) is 0 Å². The fraction of sp³-hybridized carbons (Fsp3) is 0.667. The van der Waals surface area contributed by atoms with Crippen molar-refractivity contribution < 1.29 is 17.4 Å². The monoisotopic (exact) mass is 397 g/mol. The van der Waals surface area contributed by atoms with E-state index in [2.05, 4.69) is 20.8 Å². The van der Waals surface area contributed by atoms with Crippen molar-refractivity contribution >= 4 is 16.0 Å². The first-order chi connectivity index (χ1) is 12.8. The van der Waals surface area contributed by atoms with Crippen molar-refractivity contribution in [2.75, 3.05) is 6.26 Å². The van der Waals surface area contributed by atoms with Crippen LogP contribution in [-0.4, -0.2) is 31.5 Å². The minimum Gasteiger partial charge on any atom is -0.383 e. The third kappa shape index (κ3) is 9.80. The van der Waals surface area contributed by atoms with E-state index >= 15 is 0 Å². The summed E-state index contributed by atoms with van der Waals surface area (Å²) in [6.45, 7) is 6.78. The van der Waals surface area contributed by atoms with Crippen LogP contribution < -0.4 is 4.18 Å². The SMILES string of the molecule is CCCCCCCCC(=O)N(Cc1cccc(OS(C)(=O)=O)c1)C(C)CC. The van der Waals surface area contributed by atoms with Crippen LogP contribution in [0.3, 0.4) is 0 Å². The Morgan fingerprint density at radius 2 is 1.78 bits per heavy atom. The molecule has 0 heterocycles. The molecule has 0 saturated carbocycles. The van der Waals surface area contributed by atoms with Crippen LogP contribution in [0.15, 0.2) is 24.3 Å². The number of hydrogen-bond acceptors (Lipinski definition) is 4. The molecule has 0 aliphatic rings. The summed E-state index contributed by atoms with van der Waals surface area (Å²) in [5.41, 5.74) is 0.868. The molecule has 0 fully saturated rings. The van der Waals surface area contributed by atoms with Crippen molar-refractivity contribution in [3.05, 3.63) is 29.8 Å². The topological polar surface area (TPSA) is 63.7 Å². The predicted octanol–water partition coefficient (Wildman–Crippen LogP) is 4.90. The number of unbranched alkanes of at least 4 members (excludes halogenated alkanes) is 5. The van der Waals surface area contributed by atoms with Gasteiger partial charge in [-0.1, -0.05) is 58.1 Å². The number of carbonyl (C=O) groups is 1. The zero-order valence-electron chi connectivity index (χ0n) is 17.2. The quantitative estimate of drug-likeness (QED) is 0.351. The van der Waals surface area contributed by atoms with E-state index in [1.165, 1.54) is 25.7 Å². The third-order valence-corrected chi connectivity index (χ3v) is 5.18.